The lowest BCUT2D eigenvalue weighted by Crippen LogP contribution is -2.38. The van der Waals surface area contributed by atoms with Crippen molar-refractivity contribution in [2.24, 2.45) is 0 Å². The number of piperidine rings is 1. The highest BCUT2D eigenvalue weighted by Gasteiger charge is 2.32. The topological polar surface area (TPSA) is 77.0 Å². The Hall–Kier alpha value is -3.69. The number of nitrogens with zero attached hydrogens (tertiary/aromatic N) is 5. The van der Waals surface area contributed by atoms with E-state index in [4.69, 9.17) is 4.42 Å². The first-order chi connectivity index (χ1) is 16.7. The van der Waals surface area contributed by atoms with Crippen LogP contribution in [0.3, 0.4) is 0 Å². The quantitative estimate of drug-likeness (QED) is 0.379. The van der Waals surface area contributed by atoms with Crippen LogP contribution in [0.5, 0.6) is 0 Å². The normalized spacial score (nSPS) is 15.3. The molecule has 182 valence electrons. The van der Waals surface area contributed by atoms with Crippen LogP contribution in [0.4, 0.5) is 13.2 Å². The highest BCUT2D eigenvalue weighted by atomic mass is 19.4. The number of carbonyl (C=O) groups is 1. The molecule has 1 saturated heterocycles. The van der Waals surface area contributed by atoms with Gasteiger partial charge in [0.25, 0.3) is 5.91 Å². The summed E-state index contributed by atoms with van der Waals surface area (Å²) < 4.78 is 46.1. The minimum Gasteiger partial charge on any atom is -0.440 e. The summed E-state index contributed by atoms with van der Waals surface area (Å²) in [6, 6.07) is 9.86. The Morgan fingerprint density at radius 2 is 1.83 bits per heavy atom. The lowest BCUT2D eigenvalue weighted by molar-refractivity contribution is -0.137. The summed E-state index contributed by atoms with van der Waals surface area (Å²) in [5.74, 6) is 0.814. The first kappa shape index (κ1) is 23.1. The maximum Gasteiger partial charge on any atom is 0.417 e. The van der Waals surface area contributed by atoms with E-state index in [0.717, 1.165) is 36.2 Å². The molecule has 0 aliphatic carbocycles. The van der Waals surface area contributed by atoms with Crippen LogP contribution in [-0.2, 0) is 6.18 Å². The summed E-state index contributed by atoms with van der Waals surface area (Å²) in [6.07, 6.45) is -0.764. The maximum absolute atomic E-state index is 13.4. The average molecular weight is 483 g/mol. The summed E-state index contributed by atoms with van der Waals surface area (Å²) in [7, 11) is 0. The Bertz CT molecular complexity index is 1320. The third-order valence-electron chi connectivity index (χ3n) is 6.32. The smallest absolute Gasteiger partial charge is 0.417 e. The molecule has 1 aromatic carbocycles. The van der Waals surface area contributed by atoms with Gasteiger partial charge in [-0.2, -0.15) is 18.3 Å². The second-order valence-electron chi connectivity index (χ2n) is 9.00. The molecule has 0 spiro atoms. The number of halogens is 3. The van der Waals surface area contributed by atoms with Gasteiger partial charge in [-0.1, -0.05) is 26.0 Å². The van der Waals surface area contributed by atoms with Crippen LogP contribution in [0, 0.1) is 0 Å². The van der Waals surface area contributed by atoms with E-state index >= 15 is 0 Å². The van der Waals surface area contributed by atoms with Crippen molar-refractivity contribution in [3.8, 4) is 5.82 Å². The van der Waals surface area contributed by atoms with Crippen LogP contribution in [0.15, 0.2) is 53.2 Å². The van der Waals surface area contributed by atoms with Crippen molar-refractivity contribution in [2.45, 2.75) is 44.7 Å². The summed E-state index contributed by atoms with van der Waals surface area (Å²) in [5, 5.41) is 4.30. The fraction of sp³-hybridized carbons (Fsp3) is 0.360. The van der Waals surface area contributed by atoms with Gasteiger partial charge in [-0.05, 0) is 43.0 Å². The highest BCUT2D eigenvalue weighted by molar-refractivity contribution is 5.95. The van der Waals surface area contributed by atoms with Gasteiger partial charge in [0, 0.05) is 25.2 Å². The van der Waals surface area contributed by atoms with E-state index in [2.05, 4.69) is 15.1 Å². The molecule has 1 amide bonds. The third kappa shape index (κ3) is 4.40. The summed E-state index contributed by atoms with van der Waals surface area (Å²) in [4.78, 5) is 23.7. The lowest BCUT2D eigenvalue weighted by atomic mass is 9.96. The van der Waals surface area contributed by atoms with Crippen molar-refractivity contribution in [2.75, 3.05) is 13.1 Å². The SMILES string of the molecule is CC(C)c1c(C(=O)N2CCC(c3nc4ccccc4o3)CC2)cnn1-c1ccc(C(F)(F)F)cn1. The second kappa shape index (κ2) is 8.83. The van der Waals surface area contributed by atoms with Gasteiger partial charge >= 0.3 is 6.18 Å². The first-order valence-electron chi connectivity index (χ1n) is 11.5. The van der Waals surface area contributed by atoms with Crippen molar-refractivity contribution in [1.82, 2.24) is 24.6 Å². The highest BCUT2D eigenvalue weighted by Crippen LogP contribution is 2.32. The summed E-state index contributed by atoms with van der Waals surface area (Å²) >= 11 is 0. The number of para-hydroxylation sites is 2. The molecule has 0 bridgehead atoms. The van der Waals surface area contributed by atoms with Gasteiger partial charge in [-0.15, -0.1) is 0 Å². The molecular formula is C25H24F3N5O2. The molecule has 5 rings (SSSR count). The van der Waals surface area contributed by atoms with Gasteiger partial charge in [0.15, 0.2) is 17.3 Å². The molecule has 0 radical (unpaired) electrons. The predicted molar refractivity (Wildman–Crippen MR) is 122 cm³/mol. The van der Waals surface area contributed by atoms with Gasteiger partial charge in [-0.25, -0.2) is 14.6 Å². The van der Waals surface area contributed by atoms with E-state index in [1.54, 1.807) is 4.90 Å². The molecule has 10 heteroatoms. The summed E-state index contributed by atoms with van der Waals surface area (Å²) in [6.45, 7) is 4.91. The van der Waals surface area contributed by atoms with Crippen LogP contribution < -0.4 is 0 Å². The molecule has 1 aliphatic heterocycles. The maximum atomic E-state index is 13.4. The molecule has 3 aromatic heterocycles. The molecule has 0 atom stereocenters. The Morgan fingerprint density at radius 3 is 2.46 bits per heavy atom. The molecule has 1 aliphatic rings. The first-order valence-corrected chi connectivity index (χ1v) is 11.5. The van der Waals surface area contributed by atoms with Crippen LogP contribution >= 0.6 is 0 Å². The van der Waals surface area contributed by atoms with E-state index in [9.17, 15) is 18.0 Å². The van der Waals surface area contributed by atoms with Crippen molar-refractivity contribution < 1.29 is 22.4 Å². The molecule has 35 heavy (non-hydrogen) atoms. The Labute approximate surface area is 199 Å². The zero-order chi connectivity index (χ0) is 24.7. The Morgan fingerprint density at radius 1 is 1.09 bits per heavy atom. The molecule has 0 saturated carbocycles. The van der Waals surface area contributed by atoms with Crippen molar-refractivity contribution in [3.05, 3.63) is 71.5 Å². The van der Waals surface area contributed by atoms with E-state index in [0.29, 0.717) is 30.2 Å². The van der Waals surface area contributed by atoms with Crippen molar-refractivity contribution in [3.63, 3.8) is 0 Å². The van der Waals surface area contributed by atoms with Crippen molar-refractivity contribution >= 4 is 17.0 Å². The van der Waals surface area contributed by atoms with E-state index in [-0.39, 0.29) is 23.6 Å². The number of carbonyl (C=O) groups excluding carboxylic acids is 1. The summed E-state index contributed by atoms with van der Waals surface area (Å²) in [5.41, 5.74) is 1.79. The van der Waals surface area contributed by atoms with Crippen molar-refractivity contribution in [1.29, 1.82) is 0 Å². The number of oxazole rings is 1. The zero-order valence-corrected chi connectivity index (χ0v) is 19.3. The fourth-order valence-electron chi connectivity index (χ4n) is 4.50. The number of fused-ring (bicyclic) bond motifs is 1. The lowest BCUT2D eigenvalue weighted by Gasteiger charge is -2.30. The minimum atomic E-state index is -4.47. The molecule has 4 heterocycles. The standard InChI is InChI=1S/C25H24F3N5O2/c1-15(2)22-18(14-30-33(22)21-8-7-17(13-29-21)25(26,27)28)24(34)32-11-9-16(10-12-32)23-31-19-5-3-4-6-20(19)35-23/h3-8,13-16H,9-12H2,1-2H3. The number of aromatic nitrogens is 4. The molecule has 4 aromatic rings. The number of rotatable bonds is 4. The van der Waals surface area contributed by atoms with Crippen LogP contribution in [0.25, 0.3) is 16.9 Å². The van der Waals surface area contributed by atoms with Gasteiger partial charge in [-0.3, -0.25) is 4.79 Å². The monoisotopic (exact) mass is 483 g/mol. The molecule has 7 nitrogen and oxygen atoms in total. The largest absolute Gasteiger partial charge is 0.440 e. The number of hydrogen-bond acceptors (Lipinski definition) is 5. The molecular weight excluding hydrogens is 459 g/mol. The Kier molecular flexibility index (Phi) is 5.82. The number of amides is 1. The average Bonchev–Trinajstić information content (AvgIpc) is 3.48. The van der Waals surface area contributed by atoms with Gasteiger partial charge < -0.3 is 9.32 Å². The molecule has 0 unspecified atom stereocenters. The molecule has 1 fully saturated rings. The predicted octanol–water partition coefficient (Wildman–Crippen LogP) is 5.57. The number of likely N-dealkylation sites (tertiary alicyclic amines) is 1. The van der Waals surface area contributed by atoms with Crippen LogP contribution in [0.1, 0.15) is 66.0 Å². The number of hydrogen-bond donors (Lipinski definition) is 0. The van der Waals surface area contributed by atoms with Crippen LogP contribution in [-0.4, -0.2) is 43.6 Å². The number of alkyl halides is 3. The third-order valence-corrected chi connectivity index (χ3v) is 6.32. The van der Waals surface area contributed by atoms with E-state index in [1.165, 1.54) is 16.9 Å². The minimum absolute atomic E-state index is 0.0992. The van der Waals surface area contributed by atoms with Crippen LogP contribution in [0.2, 0.25) is 0 Å². The van der Waals surface area contributed by atoms with E-state index in [1.807, 2.05) is 38.1 Å². The molecule has 0 N–H and O–H groups in total. The van der Waals surface area contributed by atoms with Gasteiger partial charge in [0.1, 0.15) is 5.52 Å². The van der Waals surface area contributed by atoms with E-state index < -0.39 is 11.7 Å². The number of benzene rings is 1. The Balaban J connectivity index is 1.34. The fourth-order valence-corrected chi connectivity index (χ4v) is 4.50. The number of pyridine rings is 1. The zero-order valence-electron chi connectivity index (χ0n) is 19.3. The van der Waals surface area contributed by atoms with Gasteiger partial charge in [0.05, 0.1) is 23.0 Å². The van der Waals surface area contributed by atoms with Gasteiger partial charge in [0.2, 0.25) is 0 Å². The second-order valence-corrected chi connectivity index (χ2v) is 9.00.